The van der Waals surface area contributed by atoms with Crippen molar-refractivity contribution < 1.29 is 22.7 Å². The third kappa shape index (κ3) is 2.78. The largest absolute Gasteiger partial charge is 0.496 e. The van der Waals surface area contributed by atoms with Crippen LogP contribution in [0, 0.1) is 0 Å². The molecule has 0 aliphatic carbocycles. The molecule has 7 heteroatoms. The maximum Gasteiger partial charge on any atom is 0.419 e. The average molecular weight is 234 g/mol. The second kappa shape index (κ2) is 4.30. The number of benzene rings is 1. The fraction of sp³-hybridized carbons (Fsp3) is 0.222. The normalized spacial score (nSPS) is 11.0. The van der Waals surface area contributed by atoms with E-state index >= 15 is 0 Å². The number of amides is 2. The zero-order valence-corrected chi connectivity index (χ0v) is 8.26. The molecule has 16 heavy (non-hydrogen) atoms. The Morgan fingerprint density at radius 3 is 2.50 bits per heavy atom. The van der Waals surface area contributed by atoms with Gasteiger partial charge in [-0.25, -0.2) is 4.79 Å². The van der Waals surface area contributed by atoms with Crippen LogP contribution < -0.4 is 15.8 Å². The SMILES string of the molecule is COc1cc(NC(N)=O)ccc1C(F)(F)F. The van der Waals surface area contributed by atoms with E-state index in [1.807, 2.05) is 0 Å². The molecule has 0 atom stereocenters. The highest BCUT2D eigenvalue weighted by Crippen LogP contribution is 2.37. The van der Waals surface area contributed by atoms with E-state index in [4.69, 9.17) is 5.73 Å². The van der Waals surface area contributed by atoms with Crippen LogP contribution >= 0.6 is 0 Å². The zero-order valence-electron chi connectivity index (χ0n) is 8.26. The van der Waals surface area contributed by atoms with Crippen LogP contribution in [0.3, 0.4) is 0 Å². The van der Waals surface area contributed by atoms with Gasteiger partial charge < -0.3 is 15.8 Å². The molecule has 1 aromatic carbocycles. The Kier molecular flexibility index (Phi) is 3.26. The molecule has 0 fully saturated rings. The molecule has 0 radical (unpaired) electrons. The topological polar surface area (TPSA) is 64.3 Å². The van der Waals surface area contributed by atoms with Gasteiger partial charge in [0.05, 0.1) is 12.7 Å². The predicted octanol–water partition coefficient (Wildman–Crippen LogP) is 2.20. The predicted molar refractivity (Wildman–Crippen MR) is 51.2 cm³/mol. The lowest BCUT2D eigenvalue weighted by atomic mass is 10.1. The molecule has 0 spiro atoms. The van der Waals surface area contributed by atoms with Crippen molar-refractivity contribution in [3.05, 3.63) is 23.8 Å². The van der Waals surface area contributed by atoms with Gasteiger partial charge in [0.1, 0.15) is 5.75 Å². The van der Waals surface area contributed by atoms with E-state index in [1.54, 1.807) is 0 Å². The molecule has 0 saturated heterocycles. The van der Waals surface area contributed by atoms with Gasteiger partial charge in [-0.3, -0.25) is 0 Å². The smallest absolute Gasteiger partial charge is 0.419 e. The third-order valence-electron chi connectivity index (χ3n) is 1.77. The summed E-state index contributed by atoms with van der Waals surface area (Å²) < 4.78 is 41.9. The van der Waals surface area contributed by atoms with Crippen LogP contribution in [0.1, 0.15) is 5.56 Å². The van der Waals surface area contributed by atoms with Crippen LogP contribution in [0.4, 0.5) is 23.7 Å². The Labute approximate surface area is 89.2 Å². The summed E-state index contributed by atoms with van der Waals surface area (Å²) in [5.41, 5.74) is 4.05. The fourth-order valence-electron chi connectivity index (χ4n) is 1.15. The number of hydrogen-bond donors (Lipinski definition) is 2. The summed E-state index contributed by atoms with van der Waals surface area (Å²) in [6.07, 6.45) is -4.50. The van der Waals surface area contributed by atoms with Crippen molar-refractivity contribution in [2.24, 2.45) is 5.73 Å². The number of alkyl halides is 3. The second-order valence-electron chi connectivity index (χ2n) is 2.90. The Bertz CT molecular complexity index is 404. The molecule has 0 aliphatic rings. The summed E-state index contributed by atoms with van der Waals surface area (Å²) in [6.45, 7) is 0. The Morgan fingerprint density at radius 1 is 1.44 bits per heavy atom. The molecule has 0 bridgehead atoms. The van der Waals surface area contributed by atoms with Crippen LogP contribution in [0.2, 0.25) is 0 Å². The number of ether oxygens (including phenoxy) is 1. The van der Waals surface area contributed by atoms with E-state index in [9.17, 15) is 18.0 Å². The number of methoxy groups -OCH3 is 1. The molecular weight excluding hydrogens is 225 g/mol. The molecule has 2 amide bonds. The van der Waals surface area contributed by atoms with Gasteiger partial charge in [0.25, 0.3) is 0 Å². The Morgan fingerprint density at radius 2 is 2.06 bits per heavy atom. The number of carbonyl (C=O) groups excluding carboxylic acids is 1. The molecule has 0 aliphatic heterocycles. The van der Waals surface area contributed by atoms with Crippen molar-refractivity contribution in [2.45, 2.75) is 6.18 Å². The number of anilines is 1. The number of halogens is 3. The molecule has 0 heterocycles. The van der Waals surface area contributed by atoms with Crippen molar-refractivity contribution in [3.8, 4) is 5.75 Å². The van der Waals surface area contributed by atoms with Crippen molar-refractivity contribution in [1.29, 1.82) is 0 Å². The molecule has 4 nitrogen and oxygen atoms in total. The average Bonchev–Trinajstić information content (AvgIpc) is 2.14. The maximum atomic E-state index is 12.4. The van der Waals surface area contributed by atoms with E-state index in [1.165, 1.54) is 0 Å². The highest BCUT2D eigenvalue weighted by atomic mass is 19.4. The van der Waals surface area contributed by atoms with Crippen LogP contribution in [0.15, 0.2) is 18.2 Å². The molecule has 1 rings (SSSR count). The van der Waals surface area contributed by atoms with Crippen LogP contribution in [0.5, 0.6) is 5.75 Å². The summed E-state index contributed by atoms with van der Waals surface area (Å²) in [4.78, 5) is 10.5. The minimum atomic E-state index is -4.50. The van der Waals surface area contributed by atoms with E-state index in [2.05, 4.69) is 10.1 Å². The molecule has 3 N–H and O–H groups in total. The Hall–Kier alpha value is -1.92. The van der Waals surface area contributed by atoms with E-state index in [0.29, 0.717) is 0 Å². The number of rotatable bonds is 2. The van der Waals surface area contributed by atoms with Gasteiger partial charge in [0.15, 0.2) is 0 Å². The molecule has 0 unspecified atom stereocenters. The minimum absolute atomic E-state index is 0.136. The van der Waals surface area contributed by atoms with Crippen LogP contribution in [0.25, 0.3) is 0 Å². The first-order chi connectivity index (χ1) is 7.34. The van der Waals surface area contributed by atoms with Gasteiger partial charge in [-0.05, 0) is 12.1 Å². The van der Waals surface area contributed by atoms with Crippen LogP contribution in [-0.4, -0.2) is 13.1 Å². The number of hydrogen-bond acceptors (Lipinski definition) is 2. The number of carbonyl (C=O) groups is 1. The lowest BCUT2D eigenvalue weighted by Crippen LogP contribution is -2.19. The maximum absolute atomic E-state index is 12.4. The van der Waals surface area contributed by atoms with Gasteiger partial charge >= 0.3 is 12.2 Å². The first kappa shape index (κ1) is 12.2. The molecule has 0 aromatic heterocycles. The lowest BCUT2D eigenvalue weighted by molar-refractivity contribution is -0.138. The number of urea groups is 1. The summed E-state index contributed by atoms with van der Waals surface area (Å²) in [5.74, 6) is -0.376. The zero-order chi connectivity index (χ0) is 12.3. The third-order valence-corrected chi connectivity index (χ3v) is 1.77. The first-order valence-corrected chi connectivity index (χ1v) is 4.16. The summed E-state index contributed by atoms with van der Waals surface area (Å²) in [5, 5.41) is 2.15. The molecule has 1 aromatic rings. The molecular formula is C9H9F3N2O2. The van der Waals surface area contributed by atoms with Crippen molar-refractivity contribution >= 4 is 11.7 Å². The van der Waals surface area contributed by atoms with E-state index in [-0.39, 0.29) is 11.4 Å². The van der Waals surface area contributed by atoms with Gasteiger partial charge in [0.2, 0.25) is 0 Å². The lowest BCUT2D eigenvalue weighted by Gasteiger charge is -2.13. The number of nitrogens with two attached hydrogens (primary N) is 1. The van der Waals surface area contributed by atoms with Crippen LogP contribution in [-0.2, 0) is 6.18 Å². The highest BCUT2D eigenvalue weighted by molar-refractivity contribution is 5.88. The van der Waals surface area contributed by atoms with E-state index in [0.717, 1.165) is 25.3 Å². The summed E-state index contributed by atoms with van der Waals surface area (Å²) in [6, 6.07) is 2.09. The standard InChI is InChI=1S/C9H9F3N2O2/c1-16-7-4-5(14-8(13)15)2-3-6(7)9(10,11)12/h2-4H,1H3,(H3,13,14,15). The number of primary amides is 1. The van der Waals surface area contributed by atoms with Gasteiger partial charge in [-0.2, -0.15) is 13.2 Å². The quantitative estimate of drug-likeness (QED) is 0.823. The van der Waals surface area contributed by atoms with Crippen molar-refractivity contribution in [2.75, 3.05) is 12.4 Å². The minimum Gasteiger partial charge on any atom is -0.496 e. The monoisotopic (exact) mass is 234 g/mol. The van der Waals surface area contributed by atoms with Crippen molar-refractivity contribution in [1.82, 2.24) is 0 Å². The molecule has 88 valence electrons. The first-order valence-electron chi connectivity index (χ1n) is 4.16. The number of nitrogens with one attached hydrogen (secondary N) is 1. The van der Waals surface area contributed by atoms with E-state index < -0.39 is 17.8 Å². The van der Waals surface area contributed by atoms with Crippen molar-refractivity contribution in [3.63, 3.8) is 0 Å². The van der Waals surface area contributed by atoms with Gasteiger partial charge in [0, 0.05) is 11.8 Å². The second-order valence-corrected chi connectivity index (χ2v) is 2.90. The summed E-state index contributed by atoms with van der Waals surface area (Å²) >= 11 is 0. The van der Waals surface area contributed by atoms with Gasteiger partial charge in [-0.15, -0.1) is 0 Å². The fourth-order valence-corrected chi connectivity index (χ4v) is 1.15. The van der Waals surface area contributed by atoms with Gasteiger partial charge in [-0.1, -0.05) is 0 Å². The highest BCUT2D eigenvalue weighted by Gasteiger charge is 2.34. The summed E-state index contributed by atoms with van der Waals surface area (Å²) in [7, 11) is 1.11. The Balaban J connectivity index is 3.12. The molecule has 0 saturated carbocycles.